The normalized spacial score (nSPS) is 24.8. The van der Waals surface area contributed by atoms with Crippen LogP contribution in [0.3, 0.4) is 0 Å². The molecular weight excluding hydrogens is 330 g/mol. The third-order valence-electron chi connectivity index (χ3n) is 4.53. The number of benzene rings is 1. The van der Waals surface area contributed by atoms with E-state index in [9.17, 15) is 18.0 Å². The lowest BCUT2D eigenvalue weighted by atomic mass is 10.1. The molecule has 0 unspecified atom stereocenters. The van der Waals surface area contributed by atoms with Crippen molar-refractivity contribution >= 4 is 21.8 Å². The molecule has 2 atom stereocenters. The second-order valence-corrected chi connectivity index (χ2v) is 8.38. The maximum Gasteiger partial charge on any atom is 0.243 e. The van der Waals surface area contributed by atoms with E-state index in [2.05, 4.69) is 5.32 Å². The molecule has 3 rings (SSSR count). The van der Waals surface area contributed by atoms with Crippen LogP contribution in [0.2, 0.25) is 0 Å². The summed E-state index contributed by atoms with van der Waals surface area (Å²) in [5.74, 6) is -0.355. The first-order chi connectivity index (χ1) is 11.3. The van der Waals surface area contributed by atoms with Gasteiger partial charge in [-0.2, -0.15) is 4.31 Å². The standard InChI is InChI=1S/C16H21N3O4S/c1-11-3-5-15(6-4-11)24(22,23)18-9-14-7-13(17-12(2)20)8-19(14)16(21)10-18/h3-6,13-14H,7-10H2,1-2H3,(H,17,20)/t13-,14-/m0/s1. The van der Waals surface area contributed by atoms with Crippen LogP contribution >= 0.6 is 0 Å². The fraction of sp³-hybridized carbons (Fsp3) is 0.500. The van der Waals surface area contributed by atoms with E-state index in [1.54, 1.807) is 29.2 Å². The smallest absolute Gasteiger partial charge is 0.243 e. The van der Waals surface area contributed by atoms with E-state index in [0.29, 0.717) is 13.0 Å². The van der Waals surface area contributed by atoms with Crippen LogP contribution in [0.15, 0.2) is 29.2 Å². The summed E-state index contributed by atoms with van der Waals surface area (Å²) >= 11 is 0. The van der Waals surface area contributed by atoms with Crippen molar-refractivity contribution < 1.29 is 18.0 Å². The number of nitrogens with one attached hydrogen (secondary N) is 1. The summed E-state index contributed by atoms with van der Waals surface area (Å²) in [5, 5.41) is 2.81. The van der Waals surface area contributed by atoms with Crippen LogP contribution in [-0.2, 0) is 19.6 Å². The van der Waals surface area contributed by atoms with Crippen LogP contribution in [0.25, 0.3) is 0 Å². The van der Waals surface area contributed by atoms with Crippen molar-refractivity contribution in [1.82, 2.24) is 14.5 Å². The van der Waals surface area contributed by atoms with Crippen LogP contribution in [-0.4, -0.2) is 61.2 Å². The number of piperazine rings is 1. The molecule has 0 spiro atoms. The number of hydrogen-bond acceptors (Lipinski definition) is 4. The first kappa shape index (κ1) is 16.9. The monoisotopic (exact) mass is 351 g/mol. The summed E-state index contributed by atoms with van der Waals surface area (Å²) < 4.78 is 26.8. The summed E-state index contributed by atoms with van der Waals surface area (Å²) in [6, 6.07) is 6.31. The van der Waals surface area contributed by atoms with Crippen molar-refractivity contribution in [2.24, 2.45) is 0 Å². The van der Waals surface area contributed by atoms with Crippen LogP contribution in [0.4, 0.5) is 0 Å². The van der Waals surface area contributed by atoms with E-state index in [1.807, 2.05) is 6.92 Å². The van der Waals surface area contributed by atoms with E-state index in [1.165, 1.54) is 11.2 Å². The van der Waals surface area contributed by atoms with E-state index < -0.39 is 10.0 Å². The van der Waals surface area contributed by atoms with E-state index in [0.717, 1.165) is 5.56 Å². The van der Waals surface area contributed by atoms with Crippen LogP contribution in [0, 0.1) is 6.92 Å². The SMILES string of the molecule is CC(=O)N[C@H]1C[C@H]2CN(S(=O)(=O)c3ccc(C)cc3)CC(=O)N2C1. The molecule has 130 valence electrons. The largest absolute Gasteiger partial charge is 0.352 e. The van der Waals surface area contributed by atoms with Crippen molar-refractivity contribution in [3.05, 3.63) is 29.8 Å². The molecule has 8 heteroatoms. The van der Waals surface area contributed by atoms with Gasteiger partial charge < -0.3 is 10.2 Å². The molecule has 1 N–H and O–H groups in total. The van der Waals surface area contributed by atoms with Crippen molar-refractivity contribution in [3.63, 3.8) is 0 Å². The Labute approximate surface area is 141 Å². The van der Waals surface area contributed by atoms with E-state index in [4.69, 9.17) is 0 Å². The molecule has 2 amide bonds. The summed E-state index contributed by atoms with van der Waals surface area (Å²) in [4.78, 5) is 25.4. The van der Waals surface area contributed by atoms with Gasteiger partial charge in [0.15, 0.2) is 0 Å². The molecule has 2 aliphatic heterocycles. The zero-order valence-electron chi connectivity index (χ0n) is 13.7. The van der Waals surface area contributed by atoms with Crippen molar-refractivity contribution in [1.29, 1.82) is 0 Å². The quantitative estimate of drug-likeness (QED) is 0.837. The van der Waals surface area contributed by atoms with E-state index in [-0.39, 0.29) is 41.9 Å². The van der Waals surface area contributed by atoms with Gasteiger partial charge in [-0.05, 0) is 25.5 Å². The van der Waals surface area contributed by atoms with Gasteiger partial charge in [-0.15, -0.1) is 0 Å². The minimum absolute atomic E-state index is 0.113. The lowest BCUT2D eigenvalue weighted by Gasteiger charge is -2.36. The molecule has 2 saturated heterocycles. The number of rotatable bonds is 3. The van der Waals surface area contributed by atoms with Crippen LogP contribution in [0.5, 0.6) is 0 Å². The number of fused-ring (bicyclic) bond motifs is 1. The van der Waals surface area contributed by atoms with Crippen LogP contribution < -0.4 is 5.32 Å². The van der Waals surface area contributed by atoms with Gasteiger partial charge in [-0.1, -0.05) is 17.7 Å². The number of aryl methyl sites for hydroxylation is 1. The minimum atomic E-state index is -3.69. The van der Waals surface area contributed by atoms with Crippen molar-refractivity contribution in [3.8, 4) is 0 Å². The van der Waals surface area contributed by atoms with Gasteiger partial charge in [0.1, 0.15) is 0 Å². The molecule has 0 aromatic heterocycles. The fourth-order valence-corrected chi connectivity index (χ4v) is 4.80. The summed E-state index contributed by atoms with van der Waals surface area (Å²) in [6.07, 6.45) is 0.575. The molecule has 1 aromatic carbocycles. The topological polar surface area (TPSA) is 86.8 Å². The highest BCUT2D eigenvalue weighted by atomic mass is 32.2. The Balaban J connectivity index is 1.78. The first-order valence-corrected chi connectivity index (χ1v) is 9.35. The second kappa shape index (κ2) is 6.18. The third-order valence-corrected chi connectivity index (χ3v) is 6.35. The zero-order valence-corrected chi connectivity index (χ0v) is 14.5. The second-order valence-electron chi connectivity index (χ2n) is 6.44. The lowest BCUT2D eigenvalue weighted by Crippen LogP contribution is -2.55. The number of hydrogen-bond donors (Lipinski definition) is 1. The molecule has 2 heterocycles. The van der Waals surface area contributed by atoms with Crippen molar-refractivity contribution in [2.75, 3.05) is 19.6 Å². The van der Waals surface area contributed by atoms with Crippen LogP contribution in [0.1, 0.15) is 18.9 Å². The molecule has 7 nitrogen and oxygen atoms in total. The molecule has 0 aliphatic carbocycles. The Morgan fingerprint density at radius 1 is 1.21 bits per heavy atom. The van der Waals surface area contributed by atoms with Gasteiger partial charge in [0.2, 0.25) is 21.8 Å². The highest BCUT2D eigenvalue weighted by molar-refractivity contribution is 7.89. The Morgan fingerprint density at radius 2 is 1.88 bits per heavy atom. The predicted octanol–water partition coefficient (Wildman–Crippen LogP) is 0.105. The third kappa shape index (κ3) is 3.16. The Hall–Kier alpha value is -1.93. The molecule has 2 fully saturated rings. The molecular formula is C16H21N3O4S. The van der Waals surface area contributed by atoms with Gasteiger partial charge in [0, 0.05) is 32.1 Å². The maximum absolute atomic E-state index is 12.8. The van der Waals surface area contributed by atoms with Gasteiger partial charge in [-0.3, -0.25) is 9.59 Å². The van der Waals surface area contributed by atoms with Crippen molar-refractivity contribution in [2.45, 2.75) is 37.2 Å². The molecule has 1 aromatic rings. The molecule has 2 aliphatic rings. The molecule has 24 heavy (non-hydrogen) atoms. The Kier molecular flexibility index (Phi) is 4.35. The molecule has 0 saturated carbocycles. The number of amides is 2. The van der Waals surface area contributed by atoms with E-state index >= 15 is 0 Å². The first-order valence-electron chi connectivity index (χ1n) is 7.91. The summed E-state index contributed by atoms with van der Waals surface area (Å²) in [7, 11) is -3.69. The van der Waals surface area contributed by atoms with Gasteiger partial charge in [0.05, 0.1) is 11.4 Å². The Bertz CT molecular complexity index is 760. The molecule has 0 bridgehead atoms. The number of carbonyl (C=O) groups is 2. The number of carbonyl (C=O) groups excluding carboxylic acids is 2. The van der Waals surface area contributed by atoms with Gasteiger partial charge in [0.25, 0.3) is 0 Å². The summed E-state index contributed by atoms with van der Waals surface area (Å²) in [5.41, 5.74) is 0.976. The highest BCUT2D eigenvalue weighted by Crippen LogP contribution is 2.27. The van der Waals surface area contributed by atoms with Gasteiger partial charge >= 0.3 is 0 Å². The number of sulfonamides is 1. The Morgan fingerprint density at radius 3 is 2.50 bits per heavy atom. The van der Waals surface area contributed by atoms with Gasteiger partial charge in [-0.25, -0.2) is 8.42 Å². The average Bonchev–Trinajstić information content (AvgIpc) is 2.90. The minimum Gasteiger partial charge on any atom is -0.352 e. The molecule has 0 radical (unpaired) electrons. The maximum atomic E-state index is 12.8. The lowest BCUT2D eigenvalue weighted by molar-refractivity contribution is -0.135. The average molecular weight is 351 g/mol. The zero-order chi connectivity index (χ0) is 17.5. The fourth-order valence-electron chi connectivity index (χ4n) is 3.37. The highest BCUT2D eigenvalue weighted by Gasteiger charge is 2.43. The number of nitrogens with zero attached hydrogens (tertiary/aromatic N) is 2. The summed E-state index contributed by atoms with van der Waals surface area (Å²) in [6.45, 7) is 3.88. The predicted molar refractivity (Wildman–Crippen MR) is 87.7 cm³/mol.